The number of ether oxygens (including phenoxy) is 1. The Morgan fingerprint density at radius 2 is 2.07 bits per heavy atom. The van der Waals surface area contributed by atoms with E-state index in [9.17, 15) is 4.21 Å². The average molecular weight is 438 g/mol. The highest BCUT2D eigenvalue weighted by Crippen LogP contribution is 2.29. The summed E-state index contributed by atoms with van der Waals surface area (Å²) >= 11 is 5.64. The minimum atomic E-state index is -1.01. The number of pyridine rings is 1. The molecule has 2 aromatic heterocycles. The van der Waals surface area contributed by atoms with Crippen LogP contribution in [0.1, 0.15) is 25.1 Å². The lowest BCUT2D eigenvalue weighted by Gasteiger charge is -2.11. The summed E-state index contributed by atoms with van der Waals surface area (Å²) in [5.74, 6) is 2.53. The molecule has 3 rings (SSSR count). The van der Waals surface area contributed by atoms with Crippen LogP contribution in [0.3, 0.4) is 0 Å². The number of nitrogens with zero attached hydrogens (tertiary/aromatic N) is 3. The Morgan fingerprint density at radius 1 is 1.24 bits per heavy atom. The number of fused-ring (bicyclic) bond motifs is 3. The van der Waals surface area contributed by atoms with Crippen LogP contribution in [0, 0.1) is 0 Å². The summed E-state index contributed by atoms with van der Waals surface area (Å²) in [6.07, 6.45) is 3.31. The first kappa shape index (κ1) is 22.0. The van der Waals surface area contributed by atoms with Gasteiger partial charge < -0.3 is 15.0 Å². The second-order valence-corrected chi connectivity index (χ2v) is 8.59. The van der Waals surface area contributed by atoms with Crippen molar-refractivity contribution < 1.29 is 8.95 Å². The third kappa shape index (κ3) is 5.45. The number of rotatable bonds is 12. The Morgan fingerprint density at radius 3 is 2.86 bits per heavy atom. The number of imidazole rings is 1. The van der Waals surface area contributed by atoms with Crippen LogP contribution in [0.5, 0.6) is 0 Å². The van der Waals surface area contributed by atoms with Gasteiger partial charge in [0.25, 0.3) is 0 Å². The van der Waals surface area contributed by atoms with Gasteiger partial charge in [0.05, 0.1) is 28.6 Å². The van der Waals surface area contributed by atoms with Crippen LogP contribution in [0.25, 0.3) is 21.9 Å². The van der Waals surface area contributed by atoms with Crippen LogP contribution in [0.2, 0.25) is 0 Å². The summed E-state index contributed by atoms with van der Waals surface area (Å²) in [5.41, 5.74) is 8.85. The number of unbranched alkanes of at least 4 members (excludes halogenated alkanes) is 1. The molecular weight excluding hydrogens is 410 g/mol. The van der Waals surface area contributed by atoms with Crippen LogP contribution in [0.15, 0.2) is 24.3 Å². The van der Waals surface area contributed by atoms with E-state index >= 15 is 0 Å². The fraction of sp³-hybridized carbons (Fsp3) is 0.500. The van der Waals surface area contributed by atoms with Crippen molar-refractivity contribution in [2.24, 2.45) is 0 Å². The maximum absolute atomic E-state index is 11.8. The van der Waals surface area contributed by atoms with Gasteiger partial charge >= 0.3 is 0 Å². The molecule has 0 aliphatic rings. The molecule has 1 aromatic carbocycles. The van der Waals surface area contributed by atoms with E-state index in [0.29, 0.717) is 37.0 Å². The number of para-hydroxylation sites is 1. The van der Waals surface area contributed by atoms with Gasteiger partial charge in [-0.2, -0.15) is 0 Å². The highest BCUT2D eigenvalue weighted by atomic mass is 35.5. The van der Waals surface area contributed by atoms with Crippen molar-refractivity contribution >= 4 is 50.3 Å². The van der Waals surface area contributed by atoms with Crippen molar-refractivity contribution in [2.45, 2.75) is 32.2 Å². The number of hydrogen-bond acceptors (Lipinski definition) is 5. The zero-order valence-corrected chi connectivity index (χ0v) is 18.3. The average Bonchev–Trinajstić information content (AvgIpc) is 3.10. The Kier molecular flexibility index (Phi) is 8.23. The molecule has 1 atom stereocenters. The number of benzene rings is 1. The normalized spacial score (nSPS) is 12.8. The summed E-state index contributed by atoms with van der Waals surface area (Å²) < 4.78 is 22.4. The summed E-state index contributed by atoms with van der Waals surface area (Å²) in [6.45, 7) is 2.11. The van der Waals surface area contributed by atoms with Crippen LogP contribution in [-0.4, -0.2) is 50.6 Å². The highest BCUT2D eigenvalue weighted by Gasteiger charge is 2.16. The molecule has 0 amide bonds. The van der Waals surface area contributed by atoms with Gasteiger partial charge in [0, 0.05) is 43.6 Å². The highest BCUT2D eigenvalue weighted by molar-refractivity contribution is 7.83. The summed E-state index contributed by atoms with van der Waals surface area (Å²) in [4.78, 5) is 9.29. The van der Waals surface area contributed by atoms with Crippen molar-refractivity contribution in [1.29, 1.82) is 0 Å². The molecule has 29 heavy (non-hydrogen) atoms. The predicted molar refractivity (Wildman–Crippen MR) is 121 cm³/mol. The smallest absolute Gasteiger partial charge is 0.152 e. The molecule has 0 bridgehead atoms. The van der Waals surface area contributed by atoms with Crippen molar-refractivity contribution in [1.82, 2.24) is 19.3 Å². The maximum Gasteiger partial charge on any atom is 0.152 e. The molecule has 0 spiro atoms. The van der Waals surface area contributed by atoms with Gasteiger partial charge in [0.15, 0.2) is 5.82 Å². The van der Waals surface area contributed by atoms with Crippen molar-refractivity contribution in [2.75, 3.05) is 37.6 Å². The summed E-state index contributed by atoms with van der Waals surface area (Å²) in [7, 11) is 0.681. The van der Waals surface area contributed by atoms with Crippen LogP contribution >= 0.6 is 11.6 Å². The SMILES string of the molecule is COCCc1nc2c(N)nc3ccccc3c2n1CCCCNS(=O)CCCCl. The lowest BCUT2D eigenvalue weighted by Crippen LogP contribution is -2.21. The third-order valence-corrected chi connectivity index (χ3v) is 6.21. The van der Waals surface area contributed by atoms with E-state index in [1.165, 1.54) is 0 Å². The van der Waals surface area contributed by atoms with Crippen LogP contribution in [0.4, 0.5) is 5.82 Å². The zero-order chi connectivity index (χ0) is 20.6. The molecule has 9 heteroatoms. The van der Waals surface area contributed by atoms with E-state index < -0.39 is 11.0 Å². The fourth-order valence-corrected chi connectivity index (χ4v) is 4.58. The van der Waals surface area contributed by atoms with Gasteiger partial charge in [-0.25, -0.2) is 18.9 Å². The first-order valence-electron chi connectivity index (χ1n) is 9.85. The Hall–Kier alpha value is -1.74. The number of nitrogens with one attached hydrogen (secondary N) is 1. The Labute approximate surface area is 178 Å². The molecule has 0 saturated carbocycles. The van der Waals surface area contributed by atoms with Crippen LogP contribution in [-0.2, 0) is 28.7 Å². The molecule has 158 valence electrons. The molecule has 7 nitrogen and oxygen atoms in total. The van der Waals surface area contributed by atoms with E-state index in [-0.39, 0.29) is 0 Å². The molecule has 0 saturated heterocycles. The van der Waals surface area contributed by atoms with Crippen LogP contribution < -0.4 is 10.5 Å². The topological polar surface area (TPSA) is 95.1 Å². The number of alkyl halides is 1. The molecule has 3 N–H and O–H groups in total. The second-order valence-electron chi connectivity index (χ2n) is 6.83. The zero-order valence-electron chi connectivity index (χ0n) is 16.7. The van der Waals surface area contributed by atoms with E-state index in [4.69, 9.17) is 27.1 Å². The first-order valence-corrected chi connectivity index (χ1v) is 11.7. The maximum atomic E-state index is 11.8. The molecule has 2 heterocycles. The second kappa shape index (κ2) is 10.9. The molecular formula is C20H28ClN5O2S. The molecule has 0 aliphatic carbocycles. The molecule has 0 aliphatic heterocycles. The van der Waals surface area contributed by atoms with E-state index in [2.05, 4.69) is 20.3 Å². The van der Waals surface area contributed by atoms with Gasteiger partial charge in [-0.15, -0.1) is 11.6 Å². The van der Waals surface area contributed by atoms with E-state index in [0.717, 1.165) is 53.6 Å². The summed E-state index contributed by atoms with van der Waals surface area (Å²) in [6, 6.07) is 8.00. The number of nitrogen functional groups attached to an aromatic ring is 1. The Balaban J connectivity index is 1.78. The van der Waals surface area contributed by atoms with Gasteiger partial charge in [-0.05, 0) is 25.3 Å². The monoisotopic (exact) mass is 437 g/mol. The number of aromatic nitrogens is 3. The quantitative estimate of drug-likeness (QED) is 0.335. The molecule has 0 fully saturated rings. The first-order chi connectivity index (χ1) is 14.2. The molecule has 3 aromatic rings. The number of nitrogens with two attached hydrogens (primary N) is 1. The Bertz CT molecular complexity index is 978. The van der Waals surface area contributed by atoms with Gasteiger partial charge in [0.2, 0.25) is 0 Å². The minimum absolute atomic E-state index is 0.451. The fourth-order valence-electron chi connectivity index (χ4n) is 3.37. The number of aryl methyl sites for hydroxylation is 1. The van der Waals surface area contributed by atoms with E-state index in [1.54, 1.807) is 7.11 Å². The van der Waals surface area contributed by atoms with Gasteiger partial charge in [-0.3, -0.25) is 0 Å². The van der Waals surface area contributed by atoms with E-state index in [1.807, 2.05) is 18.2 Å². The van der Waals surface area contributed by atoms with Crippen molar-refractivity contribution in [3.8, 4) is 0 Å². The molecule has 0 radical (unpaired) electrons. The van der Waals surface area contributed by atoms with Crippen molar-refractivity contribution in [3.05, 3.63) is 30.1 Å². The number of hydrogen-bond donors (Lipinski definition) is 2. The van der Waals surface area contributed by atoms with Gasteiger partial charge in [0.1, 0.15) is 11.3 Å². The lowest BCUT2D eigenvalue weighted by atomic mass is 10.2. The number of halogens is 1. The standard InChI is InChI=1S/C20H28ClN5O2S/c1-28-13-9-17-25-18-19(15-7-2-3-8-16(15)24-20(18)22)26(17)12-5-4-11-23-29(27)14-6-10-21/h2-3,7-8,23H,4-6,9-14H2,1H3,(H2,22,24). The van der Waals surface area contributed by atoms with Crippen molar-refractivity contribution in [3.63, 3.8) is 0 Å². The summed E-state index contributed by atoms with van der Waals surface area (Å²) in [5, 5.41) is 1.05. The largest absolute Gasteiger partial charge is 0.384 e. The predicted octanol–water partition coefficient (Wildman–Crippen LogP) is 3.02. The lowest BCUT2D eigenvalue weighted by molar-refractivity contribution is 0.199. The third-order valence-electron chi connectivity index (χ3n) is 4.75. The van der Waals surface area contributed by atoms with Gasteiger partial charge in [-0.1, -0.05) is 18.2 Å². The minimum Gasteiger partial charge on any atom is -0.384 e. The molecule has 1 unspecified atom stereocenters. The number of anilines is 1. The number of methoxy groups -OCH3 is 1.